The van der Waals surface area contributed by atoms with Crippen molar-refractivity contribution in [2.75, 3.05) is 0 Å². The Hall–Kier alpha value is -0.350. The molecule has 0 amide bonds. The fourth-order valence-electron chi connectivity index (χ4n) is 3.26. The number of aliphatic hydroxyl groups is 1. The van der Waals surface area contributed by atoms with Crippen molar-refractivity contribution in [3.8, 4) is 0 Å². The molecule has 1 saturated carbocycles. The number of aliphatic hydroxyl groups excluding tert-OH is 1. The van der Waals surface area contributed by atoms with Gasteiger partial charge in [-0.05, 0) is 48.0 Å². The van der Waals surface area contributed by atoms with Gasteiger partial charge in [0.2, 0.25) is 0 Å². The Morgan fingerprint density at radius 3 is 2.65 bits per heavy atom. The maximum absolute atomic E-state index is 10.3. The number of aromatic nitrogens is 2. The second-order valence-corrected chi connectivity index (χ2v) is 6.76. The molecule has 114 valence electrons. The smallest absolute Gasteiger partial charge is 0.0766 e. The van der Waals surface area contributed by atoms with Crippen LogP contribution in [0.1, 0.15) is 63.8 Å². The normalized spacial score (nSPS) is 17.8. The number of hydrogen-bond acceptors (Lipinski definition) is 2. The van der Waals surface area contributed by atoms with E-state index in [-0.39, 0.29) is 6.10 Å². The zero-order chi connectivity index (χ0) is 14.5. The van der Waals surface area contributed by atoms with Gasteiger partial charge in [0.05, 0.1) is 22.0 Å². The molecule has 4 heteroatoms. The molecule has 1 heterocycles. The summed E-state index contributed by atoms with van der Waals surface area (Å²) in [5, 5.41) is 14.9. The van der Waals surface area contributed by atoms with E-state index in [1.807, 2.05) is 4.68 Å². The molecule has 0 saturated heterocycles. The number of nitrogens with zero attached hydrogens (tertiary/aromatic N) is 2. The van der Waals surface area contributed by atoms with Crippen molar-refractivity contribution < 1.29 is 5.11 Å². The molecule has 3 nitrogen and oxygen atoms in total. The van der Waals surface area contributed by atoms with Gasteiger partial charge in [0.25, 0.3) is 0 Å². The molecule has 1 unspecified atom stereocenters. The van der Waals surface area contributed by atoms with Gasteiger partial charge in [0.1, 0.15) is 0 Å². The predicted molar refractivity (Wildman–Crippen MR) is 85.9 cm³/mol. The molecular weight excluding hydrogens is 316 g/mol. The first-order valence-corrected chi connectivity index (χ1v) is 8.87. The van der Waals surface area contributed by atoms with Crippen LogP contribution in [0.15, 0.2) is 4.47 Å². The average Bonchev–Trinajstić information content (AvgIpc) is 3.06. The summed E-state index contributed by atoms with van der Waals surface area (Å²) in [4.78, 5) is 0. The third-order valence-electron chi connectivity index (χ3n) is 4.51. The molecule has 1 aromatic heterocycles. The second kappa shape index (κ2) is 7.60. The van der Waals surface area contributed by atoms with E-state index < -0.39 is 0 Å². The van der Waals surface area contributed by atoms with E-state index in [2.05, 4.69) is 34.9 Å². The first-order chi connectivity index (χ1) is 9.65. The molecule has 1 atom stereocenters. The Labute approximate surface area is 130 Å². The quantitative estimate of drug-likeness (QED) is 0.809. The lowest BCUT2D eigenvalue weighted by molar-refractivity contribution is 0.152. The molecule has 0 aromatic carbocycles. The van der Waals surface area contributed by atoms with Gasteiger partial charge in [-0.3, -0.25) is 4.68 Å². The fraction of sp³-hybridized carbons (Fsp3) is 0.812. The van der Waals surface area contributed by atoms with Gasteiger partial charge in [-0.15, -0.1) is 0 Å². The third-order valence-corrected chi connectivity index (χ3v) is 5.42. The minimum atomic E-state index is -0.237. The number of rotatable bonds is 7. The first-order valence-electron chi connectivity index (χ1n) is 8.07. The van der Waals surface area contributed by atoms with E-state index in [0.29, 0.717) is 6.42 Å². The Balaban J connectivity index is 1.92. The topological polar surface area (TPSA) is 38.0 Å². The summed E-state index contributed by atoms with van der Waals surface area (Å²) in [6.45, 7) is 5.09. The molecule has 0 aliphatic heterocycles. The van der Waals surface area contributed by atoms with Crippen molar-refractivity contribution in [1.82, 2.24) is 9.78 Å². The molecule has 1 aromatic rings. The van der Waals surface area contributed by atoms with Crippen LogP contribution in [0, 0.1) is 5.92 Å². The van der Waals surface area contributed by atoms with E-state index in [4.69, 9.17) is 0 Å². The van der Waals surface area contributed by atoms with Crippen LogP contribution in [0.5, 0.6) is 0 Å². The van der Waals surface area contributed by atoms with Gasteiger partial charge in [0.15, 0.2) is 0 Å². The van der Waals surface area contributed by atoms with Crippen LogP contribution < -0.4 is 0 Å². The second-order valence-electron chi connectivity index (χ2n) is 5.96. The van der Waals surface area contributed by atoms with Gasteiger partial charge in [-0.2, -0.15) is 5.10 Å². The van der Waals surface area contributed by atoms with Crippen molar-refractivity contribution >= 4 is 15.9 Å². The predicted octanol–water partition coefficient (Wildman–Crippen LogP) is 4.10. The van der Waals surface area contributed by atoms with Crippen LogP contribution in [0.25, 0.3) is 0 Å². The van der Waals surface area contributed by atoms with E-state index in [1.54, 1.807) is 0 Å². The highest BCUT2D eigenvalue weighted by molar-refractivity contribution is 9.10. The largest absolute Gasteiger partial charge is 0.393 e. The van der Waals surface area contributed by atoms with Crippen LogP contribution in [-0.4, -0.2) is 21.0 Å². The standard InChI is InChI=1S/C16H27BrN2O/c1-3-14-16(17)15(19(4-2)18-14)11-13(20)10-9-12-7-5-6-8-12/h12-13,20H,3-11H2,1-2H3. The van der Waals surface area contributed by atoms with Crippen LogP contribution in [-0.2, 0) is 19.4 Å². The summed E-state index contributed by atoms with van der Waals surface area (Å²) >= 11 is 3.65. The third kappa shape index (κ3) is 3.85. The van der Waals surface area contributed by atoms with Crippen LogP contribution in [0.2, 0.25) is 0 Å². The number of hydrogen-bond donors (Lipinski definition) is 1. The molecule has 2 rings (SSSR count). The average molecular weight is 343 g/mol. The Kier molecular flexibility index (Phi) is 6.09. The van der Waals surface area contributed by atoms with Crippen molar-refractivity contribution in [1.29, 1.82) is 0 Å². The molecule has 0 spiro atoms. The monoisotopic (exact) mass is 342 g/mol. The molecule has 1 N–H and O–H groups in total. The molecule has 0 radical (unpaired) electrons. The summed E-state index contributed by atoms with van der Waals surface area (Å²) in [6, 6.07) is 0. The van der Waals surface area contributed by atoms with Gasteiger partial charge >= 0.3 is 0 Å². The summed E-state index contributed by atoms with van der Waals surface area (Å²) in [7, 11) is 0. The lowest BCUT2D eigenvalue weighted by Crippen LogP contribution is -2.15. The fourth-order valence-corrected chi connectivity index (χ4v) is 3.99. The maximum Gasteiger partial charge on any atom is 0.0766 e. The van der Waals surface area contributed by atoms with E-state index in [0.717, 1.165) is 41.2 Å². The Bertz CT molecular complexity index is 424. The summed E-state index contributed by atoms with van der Waals surface area (Å²) in [6.07, 6.45) is 9.01. The van der Waals surface area contributed by atoms with Gasteiger partial charge in [0, 0.05) is 13.0 Å². The lowest BCUT2D eigenvalue weighted by Gasteiger charge is -2.15. The van der Waals surface area contributed by atoms with Gasteiger partial charge < -0.3 is 5.11 Å². The Morgan fingerprint density at radius 1 is 1.35 bits per heavy atom. The molecular formula is C16H27BrN2O. The van der Waals surface area contributed by atoms with Crippen LogP contribution in [0.4, 0.5) is 0 Å². The maximum atomic E-state index is 10.3. The van der Waals surface area contributed by atoms with Gasteiger partial charge in [-0.1, -0.05) is 32.6 Å². The molecule has 0 bridgehead atoms. The number of halogens is 1. The van der Waals surface area contributed by atoms with Crippen molar-refractivity contribution in [3.05, 3.63) is 15.9 Å². The van der Waals surface area contributed by atoms with Crippen LogP contribution >= 0.6 is 15.9 Å². The van der Waals surface area contributed by atoms with E-state index in [1.165, 1.54) is 32.1 Å². The van der Waals surface area contributed by atoms with Crippen molar-refractivity contribution in [3.63, 3.8) is 0 Å². The molecule has 1 aliphatic carbocycles. The summed E-state index contributed by atoms with van der Waals surface area (Å²) < 4.78 is 3.13. The minimum Gasteiger partial charge on any atom is -0.393 e. The molecule has 1 aliphatic rings. The zero-order valence-electron chi connectivity index (χ0n) is 12.7. The molecule has 20 heavy (non-hydrogen) atoms. The van der Waals surface area contributed by atoms with Crippen molar-refractivity contribution in [2.24, 2.45) is 5.92 Å². The minimum absolute atomic E-state index is 0.237. The van der Waals surface area contributed by atoms with Gasteiger partial charge in [-0.25, -0.2) is 0 Å². The summed E-state index contributed by atoms with van der Waals surface area (Å²) in [5.74, 6) is 0.857. The first kappa shape index (κ1) is 16.0. The summed E-state index contributed by atoms with van der Waals surface area (Å²) in [5.41, 5.74) is 2.26. The highest BCUT2D eigenvalue weighted by Gasteiger charge is 2.20. The van der Waals surface area contributed by atoms with Crippen molar-refractivity contribution in [2.45, 2.75) is 77.9 Å². The zero-order valence-corrected chi connectivity index (χ0v) is 14.3. The van der Waals surface area contributed by atoms with Crippen LogP contribution in [0.3, 0.4) is 0 Å². The molecule has 1 fully saturated rings. The lowest BCUT2D eigenvalue weighted by atomic mass is 9.98. The highest BCUT2D eigenvalue weighted by Crippen LogP contribution is 2.30. The SMILES string of the molecule is CCc1nn(CC)c(CC(O)CCC2CCCC2)c1Br. The highest BCUT2D eigenvalue weighted by atomic mass is 79.9. The van der Waals surface area contributed by atoms with E-state index >= 15 is 0 Å². The Morgan fingerprint density at radius 2 is 2.05 bits per heavy atom. The van der Waals surface area contributed by atoms with E-state index in [9.17, 15) is 5.11 Å². The number of aryl methyl sites for hydroxylation is 2.